The van der Waals surface area contributed by atoms with Gasteiger partial charge in [0.05, 0.1) is 24.6 Å². The maximum Gasteiger partial charge on any atom is 0.240 e. The van der Waals surface area contributed by atoms with Gasteiger partial charge in [-0.15, -0.1) is 24.0 Å². The number of morpholine rings is 1. The van der Waals surface area contributed by atoms with E-state index >= 15 is 0 Å². The molecule has 0 amide bonds. The van der Waals surface area contributed by atoms with E-state index in [9.17, 15) is 8.42 Å². The summed E-state index contributed by atoms with van der Waals surface area (Å²) >= 11 is 0. The quantitative estimate of drug-likeness (QED) is 0.315. The van der Waals surface area contributed by atoms with Gasteiger partial charge in [-0.1, -0.05) is 35.9 Å². The fourth-order valence-electron chi connectivity index (χ4n) is 3.74. The van der Waals surface area contributed by atoms with Crippen molar-refractivity contribution in [3.63, 3.8) is 0 Å². The Bertz CT molecular complexity index is 1040. The standard InChI is InChI=1S/C23H32N4O3S.HI/c1-5-25-23(26-15-19-7-6-8-20(14-19)31(28,29)24-4)27-11-12-30-22(16-27)21-10-9-17(2)13-18(21)3;/h6-10,13-14,22,24H,5,11-12,15-16H2,1-4H3,(H,25,26);1H. The Hall–Kier alpha value is -1.69. The monoisotopic (exact) mass is 572 g/mol. The summed E-state index contributed by atoms with van der Waals surface area (Å²) in [6, 6.07) is 13.3. The van der Waals surface area contributed by atoms with Crippen molar-refractivity contribution in [1.29, 1.82) is 0 Å². The maximum atomic E-state index is 12.1. The van der Waals surface area contributed by atoms with Crippen molar-refractivity contribution in [2.45, 2.75) is 38.3 Å². The predicted molar refractivity (Wildman–Crippen MR) is 139 cm³/mol. The molecule has 2 aromatic rings. The minimum atomic E-state index is -3.48. The number of nitrogens with zero attached hydrogens (tertiary/aromatic N) is 2. The first kappa shape index (κ1) is 26.6. The molecular formula is C23H33IN4O3S. The van der Waals surface area contributed by atoms with Crippen LogP contribution in [-0.4, -0.2) is 52.6 Å². The maximum absolute atomic E-state index is 12.1. The van der Waals surface area contributed by atoms with E-state index in [1.165, 1.54) is 23.7 Å². The number of hydrogen-bond acceptors (Lipinski definition) is 4. The molecule has 9 heteroatoms. The number of sulfonamides is 1. The second-order valence-electron chi connectivity index (χ2n) is 7.69. The van der Waals surface area contributed by atoms with Crippen LogP contribution in [0.2, 0.25) is 0 Å². The second kappa shape index (κ2) is 12.0. The Morgan fingerprint density at radius 2 is 2.00 bits per heavy atom. The topological polar surface area (TPSA) is 83.0 Å². The largest absolute Gasteiger partial charge is 0.370 e. The van der Waals surface area contributed by atoms with Gasteiger partial charge in [-0.25, -0.2) is 18.1 Å². The van der Waals surface area contributed by atoms with Gasteiger partial charge in [0.1, 0.15) is 6.10 Å². The Morgan fingerprint density at radius 3 is 2.69 bits per heavy atom. The molecule has 1 atom stereocenters. The van der Waals surface area contributed by atoms with Crippen LogP contribution in [0, 0.1) is 13.8 Å². The lowest BCUT2D eigenvalue weighted by atomic mass is 10.00. The number of halogens is 1. The molecule has 1 saturated heterocycles. The van der Waals surface area contributed by atoms with Crippen LogP contribution in [0.5, 0.6) is 0 Å². The number of aliphatic imine (C=N–C) groups is 1. The molecule has 2 aromatic carbocycles. The lowest BCUT2D eigenvalue weighted by molar-refractivity contribution is -0.00834. The van der Waals surface area contributed by atoms with Gasteiger partial charge >= 0.3 is 0 Å². The lowest BCUT2D eigenvalue weighted by Crippen LogP contribution is -2.48. The number of hydrogen-bond donors (Lipinski definition) is 2. The summed E-state index contributed by atoms with van der Waals surface area (Å²) in [5.74, 6) is 0.808. The Kier molecular flexibility index (Phi) is 9.93. The van der Waals surface area contributed by atoms with E-state index in [1.54, 1.807) is 18.2 Å². The van der Waals surface area contributed by atoms with E-state index in [0.29, 0.717) is 19.7 Å². The molecule has 0 spiro atoms. The minimum Gasteiger partial charge on any atom is -0.370 e. The third kappa shape index (κ3) is 6.66. The molecule has 1 aliphatic heterocycles. The predicted octanol–water partition coefficient (Wildman–Crippen LogP) is 3.37. The van der Waals surface area contributed by atoms with E-state index in [1.807, 2.05) is 13.0 Å². The third-order valence-electron chi connectivity index (χ3n) is 5.36. The molecule has 2 N–H and O–H groups in total. The second-order valence-corrected chi connectivity index (χ2v) is 9.58. The van der Waals surface area contributed by atoms with Crippen LogP contribution in [0.1, 0.15) is 35.3 Å². The van der Waals surface area contributed by atoms with E-state index < -0.39 is 10.0 Å². The van der Waals surface area contributed by atoms with Gasteiger partial charge in [-0.05, 0) is 56.6 Å². The highest BCUT2D eigenvalue weighted by molar-refractivity contribution is 14.0. The van der Waals surface area contributed by atoms with E-state index in [0.717, 1.165) is 24.6 Å². The highest BCUT2D eigenvalue weighted by atomic mass is 127. The Balaban J connectivity index is 0.00000363. The number of guanidine groups is 1. The van der Waals surface area contributed by atoms with Gasteiger partial charge in [0, 0.05) is 13.1 Å². The molecule has 1 unspecified atom stereocenters. The molecule has 32 heavy (non-hydrogen) atoms. The summed E-state index contributed by atoms with van der Waals surface area (Å²) < 4.78 is 32.6. The molecule has 0 aromatic heterocycles. The van der Waals surface area contributed by atoms with E-state index in [-0.39, 0.29) is 35.0 Å². The molecule has 1 heterocycles. The highest BCUT2D eigenvalue weighted by Crippen LogP contribution is 2.26. The van der Waals surface area contributed by atoms with Crippen molar-refractivity contribution in [3.8, 4) is 0 Å². The molecule has 0 radical (unpaired) electrons. The van der Waals surface area contributed by atoms with Crippen LogP contribution < -0.4 is 10.0 Å². The number of ether oxygens (including phenoxy) is 1. The van der Waals surface area contributed by atoms with E-state index in [2.05, 4.69) is 47.0 Å². The zero-order valence-corrected chi connectivity index (χ0v) is 22.2. The number of nitrogens with one attached hydrogen (secondary N) is 2. The average molecular weight is 573 g/mol. The van der Waals surface area contributed by atoms with Gasteiger partial charge < -0.3 is 15.0 Å². The van der Waals surface area contributed by atoms with Crippen molar-refractivity contribution in [1.82, 2.24) is 14.9 Å². The number of rotatable bonds is 6. The summed E-state index contributed by atoms with van der Waals surface area (Å²) in [4.78, 5) is 7.24. The van der Waals surface area contributed by atoms with Crippen molar-refractivity contribution in [2.24, 2.45) is 4.99 Å². The van der Waals surface area contributed by atoms with Crippen LogP contribution in [0.4, 0.5) is 0 Å². The summed E-state index contributed by atoms with van der Waals surface area (Å²) in [7, 11) is -2.07. The summed E-state index contributed by atoms with van der Waals surface area (Å²) in [6.07, 6.45) is -0.0118. The zero-order valence-electron chi connectivity index (χ0n) is 19.1. The van der Waals surface area contributed by atoms with Gasteiger partial charge in [0.2, 0.25) is 10.0 Å². The lowest BCUT2D eigenvalue weighted by Gasteiger charge is -2.36. The normalized spacial score (nSPS) is 17.1. The molecular weight excluding hydrogens is 539 g/mol. The first-order valence-electron chi connectivity index (χ1n) is 10.6. The molecule has 1 aliphatic rings. The highest BCUT2D eigenvalue weighted by Gasteiger charge is 2.25. The smallest absolute Gasteiger partial charge is 0.240 e. The first-order valence-corrected chi connectivity index (χ1v) is 12.1. The van der Waals surface area contributed by atoms with Crippen molar-refractivity contribution >= 4 is 40.0 Å². The number of benzene rings is 2. The van der Waals surface area contributed by atoms with Crippen LogP contribution in [0.15, 0.2) is 52.4 Å². The molecule has 0 bridgehead atoms. The van der Waals surface area contributed by atoms with E-state index in [4.69, 9.17) is 9.73 Å². The van der Waals surface area contributed by atoms with Crippen molar-refractivity contribution in [2.75, 3.05) is 33.3 Å². The first-order chi connectivity index (χ1) is 14.8. The van der Waals surface area contributed by atoms with Crippen LogP contribution in [-0.2, 0) is 21.3 Å². The Morgan fingerprint density at radius 1 is 1.22 bits per heavy atom. The summed E-state index contributed by atoms with van der Waals surface area (Å²) in [5.41, 5.74) is 4.52. The fourth-order valence-corrected chi connectivity index (χ4v) is 4.54. The number of aryl methyl sites for hydroxylation is 2. The van der Waals surface area contributed by atoms with Gasteiger partial charge in [-0.3, -0.25) is 0 Å². The summed E-state index contributed by atoms with van der Waals surface area (Å²) in [6.45, 7) is 9.48. The van der Waals surface area contributed by atoms with Gasteiger partial charge in [0.15, 0.2) is 5.96 Å². The average Bonchev–Trinajstić information content (AvgIpc) is 2.77. The molecule has 176 valence electrons. The SMILES string of the molecule is CCNC(=NCc1cccc(S(=O)(=O)NC)c1)N1CCOC(c2ccc(C)cc2C)C1.I. The van der Waals surface area contributed by atoms with Crippen molar-refractivity contribution < 1.29 is 13.2 Å². The third-order valence-corrected chi connectivity index (χ3v) is 6.77. The van der Waals surface area contributed by atoms with Crippen LogP contribution in [0.25, 0.3) is 0 Å². The Labute approximate surface area is 208 Å². The van der Waals surface area contributed by atoms with Gasteiger partial charge in [-0.2, -0.15) is 0 Å². The van der Waals surface area contributed by atoms with Crippen LogP contribution in [0.3, 0.4) is 0 Å². The van der Waals surface area contributed by atoms with Crippen molar-refractivity contribution in [3.05, 3.63) is 64.7 Å². The molecule has 3 rings (SSSR count). The molecule has 1 fully saturated rings. The molecule has 7 nitrogen and oxygen atoms in total. The molecule has 0 saturated carbocycles. The molecule has 0 aliphatic carbocycles. The van der Waals surface area contributed by atoms with Gasteiger partial charge in [0.25, 0.3) is 0 Å². The van der Waals surface area contributed by atoms with Crippen LogP contribution >= 0.6 is 24.0 Å². The zero-order chi connectivity index (χ0) is 22.4. The fraction of sp³-hybridized carbons (Fsp3) is 0.435. The summed E-state index contributed by atoms with van der Waals surface area (Å²) in [5, 5.41) is 3.36. The minimum absolute atomic E-state index is 0.